The van der Waals surface area contributed by atoms with Crippen molar-refractivity contribution in [2.75, 3.05) is 26.2 Å². The van der Waals surface area contributed by atoms with Crippen molar-refractivity contribution in [2.45, 2.75) is 48.0 Å². The minimum Gasteiger partial charge on any atom is -0.493 e. The molecule has 0 saturated carbocycles. The van der Waals surface area contributed by atoms with E-state index in [9.17, 15) is 9.90 Å². The fourth-order valence-corrected chi connectivity index (χ4v) is 2.43. The Morgan fingerprint density at radius 2 is 1.41 bits per heavy atom. The molecule has 126 valence electrons. The Kier molecular flexibility index (Phi) is 7.41. The maximum atomic E-state index is 12.7. The third kappa shape index (κ3) is 4.01. The highest BCUT2D eigenvalue weighted by Gasteiger charge is 2.19. The van der Waals surface area contributed by atoms with Gasteiger partial charge in [-0.1, -0.05) is 33.8 Å². The molecule has 1 N–H and O–H groups in total. The largest absolute Gasteiger partial charge is 0.493 e. The lowest BCUT2D eigenvalue weighted by Gasteiger charge is -2.19. The van der Waals surface area contributed by atoms with Gasteiger partial charge in [0.2, 0.25) is 5.88 Å². The fourth-order valence-electron chi connectivity index (χ4n) is 2.43. The van der Waals surface area contributed by atoms with Crippen molar-refractivity contribution in [3.63, 3.8) is 0 Å². The van der Waals surface area contributed by atoms with E-state index >= 15 is 0 Å². The molecule has 0 atom stereocenters. The van der Waals surface area contributed by atoms with Crippen LogP contribution in [0.5, 0.6) is 5.88 Å². The van der Waals surface area contributed by atoms with E-state index in [-0.39, 0.29) is 11.6 Å². The van der Waals surface area contributed by atoms with E-state index in [0.717, 1.165) is 26.2 Å². The van der Waals surface area contributed by atoms with Gasteiger partial charge in [-0.15, -0.1) is 0 Å². The van der Waals surface area contributed by atoms with E-state index in [1.165, 1.54) is 4.57 Å². The van der Waals surface area contributed by atoms with E-state index < -0.39 is 0 Å². The summed E-state index contributed by atoms with van der Waals surface area (Å²) in [6, 6.07) is 0. The molecule has 1 rings (SSSR count). The molecular weight excluding hydrogens is 280 g/mol. The third-order valence-electron chi connectivity index (χ3n) is 4.03. The minimum atomic E-state index is -0.163. The Bertz CT molecular complexity index is 537. The van der Waals surface area contributed by atoms with E-state index in [0.29, 0.717) is 19.0 Å². The molecule has 1 heterocycles. The summed E-state index contributed by atoms with van der Waals surface area (Å²) in [4.78, 5) is 16.9. The summed E-state index contributed by atoms with van der Waals surface area (Å²) in [6.07, 6.45) is 3.63. The average Bonchev–Trinajstić information content (AvgIpc) is 2.74. The molecule has 0 spiro atoms. The van der Waals surface area contributed by atoms with Crippen molar-refractivity contribution >= 4 is 6.08 Å². The van der Waals surface area contributed by atoms with Crippen LogP contribution in [-0.4, -0.2) is 50.2 Å². The lowest BCUT2D eigenvalue weighted by molar-refractivity contribution is 0.217. The molecule has 1 aromatic rings. The summed E-state index contributed by atoms with van der Waals surface area (Å²) < 4.78 is 3.09. The van der Waals surface area contributed by atoms with Crippen molar-refractivity contribution in [1.82, 2.24) is 18.9 Å². The molecule has 0 radical (unpaired) electrons. The number of aromatic nitrogens is 2. The maximum absolute atomic E-state index is 12.7. The second-order valence-corrected chi connectivity index (χ2v) is 5.24. The zero-order valence-electron chi connectivity index (χ0n) is 14.5. The molecule has 0 aromatic carbocycles. The van der Waals surface area contributed by atoms with Gasteiger partial charge in [0.25, 0.3) is 0 Å². The van der Waals surface area contributed by atoms with Crippen LogP contribution in [-0.2, 0) is 13.3 Å². The molecule has 0 fully saturated rings. The van der Waals surface area contributed by atoms with E-state index in [1.54, 1.807) is 10.6 Å². The Balaban J connectivity index is 3.28. The Labute approximate surface area is 133 Å². The van der Waals surface area contributed by atoms with Crippen LogP contribution in [0.3, 0.4) is 0 Å². The van der Waals surface area contributed by atoms with Crippen molar-refractivity contribution in [3.8, 4) is 5.88 Å². The van der Waals surface area contributed by atoms with Gasteiger partial charge in [0, 0.05) is 0 Å². The predicted octanol–water partition coefficient (Wildman–Crippen LogP) is 1.99. The van der Waals surface area contributed by atoms with Crippen molar-refractivity contribution < 1.29 is 5.11 Å². The Hall–Kier alpha value is -1.53. The van der Waals surface area contributed by atoms with Crippen LogP contribution in [0.2, 0.25) is 0 Å². The van der Waals surface area contributed by atoms with Gasteiger partial charge < -0.3 is 5.11 Å². The van der Waals surface area contributed by atoms with Crippen molar-refractivity contribution in [3.05, 3.63) is 22.3 Å². The zero-order chi connectivity index (χ0) is 16.7. The van der Waals surface area contributed by atoms with Gasteiger partial charge in [-0.2, -0.15) is 0 Å². The molecule has 6 nitrogen and oxygen atoms in total. The van der Waals surface area contributed by atoms with Gasteiger partial charge >= 0.3 is 5.69 Å². The summed E-state index contributed by atoms with van der Waals surface area (Å²) in [6.45, 7) is 14.4. The molecule has 0 aliphatic carbocycles. The molecule has 0 bridgehead atoms. The predicted molar refractivity (Wildman–Crippen MR) is 90.9 cm³/mol. The highest BCUT2D eigenvalue weighted by molar-refractivity contribution is 5.50. The molecule has 6 heteroatoms. The monoisotopic (exact) mass is 310 g/mol. The number of allylic oxidation sites excluding steroid dienone is 1. The maximum Gasteiger partial charge on any atom is 0.333 e. The number of rotatable bonds is 9. The van der Waals surface area contributed by atoms with Gasteiger partial charge in [-0.05, 0) is 39.2 Å². The van der Waals surface area contributed by atoms with Crippen LogP contribution in [0.1, 0.15) is 40.3 Å². The van der Waals surface area contributed by atoms with Crippen molar-refractivity contribution in [2.24, 2.45) is 0 Å². The molecular formula is C16H30N4O2. The molecule has 1 aromatic heterocycles. The number of hydrogen-bond acceptors (Lipinski definition) is 4. The third-order valence-corrected chi connectivity index (χ3v) is 4.03. The molecule has 0 aliphatic rings. The lowest BCUT2D eigenvalue weighted by atomic mass is 10.4. The molecule has 22 heavy (non-hydrogen) atoms. The van der Waals surface area contributed by atoms with Gasteiger partial charge in [0.1, 0.15) is 5.69 Å². The van der Waals surface area contributed by atoms with Crippen molar-refractivity contribution in [1.29, 1.82) is 0 Å². The first-order valence-electron chi connectivity index (χ1n) is 8.13. The van der Waals surface area contributed by atoms with E-state index in [1.807, 2.05) is 26.8 Å². The highest BCUT2D eigenvalue weighted by Crippen LogP contribution is 2.18. The van der Waals surface area contributed by atoms with Crippen LogP contribution in [0.15, 0.2) is 10.9 Å². The van der Waals surface area contributed by atoms with Crippen LogP contribution in [0, 0.1) is 0 Å². The fraction of sp³-hybridized carbons (Fsp3) is 0.688. The smallest absolute Gasteiger partial charge is 0.333 e. The van der Waals surface area contributed by atoms with Gasteiger partial charge in [0.15, 0.2) is 0 Å². The summed E-state index contributed by atoms with van der Waals surface area (Å²) in [5.41, 5.74) is 0.413. The van der Waals surface area contributed by atoms with Crippen LogP contribution >= 0.6 is 0 Å². The minimum absolute atomic E-state index is 0.0437. The zero-order valence-corrected chi connectivity index (χ0v) is 14.5. The molecule has 0 amide bonds. The van der Waals surface area contributed by atoms with E-state index in [2.05, 4.69) is 23.6 Å². The summed E-state index contributed by atoms with van der Waals surface area (Å²) in [7, 11) is 0. The number of imidazole rings is 1. The lowest BCUT2D eigenvalue weighted by Crippen LogP contribution is -2.36. The van der Waals surface area contributed by atoms with Crippen LogP contribution in [0.25, 0.3) is 6.08 Å². The quantitative estimate of drug-likeness (QED) is 0.758. The number of hydrogen-bond donors (Lipinski definition) is 1. The Morgan fingerprint density at radius 3 is 1.82 bits per heavy atom. The molecule has 0 aliphatic heterocycles. The first kappa shape index (κ1) is 18.5. The number of aromatic hydroxyl groups is 1. The standard InChI is InChI=1S/C16H30N4O2/c1-6-11-14-15(21)20(13-18(9-4)10-5)16(22)19(14)12-17(7-2)8-3/h6,11,21H,7-10,12-13H2,1-5H3. The average molecular weight is 310 g/mol. The highest BCUT2D eigenvalue weighted by atomic mass is 16.3. The summed E-state index contributed by atoms with van der Waals surface area (Å²) >= 11 is 0. The second kappa shape index (κ2) is 8.80. The van der Waals surface area contributed by atoms with E-state index in [4.69, 9.17) is 0 Å². The second-order valence-electron chi connectivity index (χ2n) is 5.24. The molecule has 0 saturated heterocycles. The first-order chi connectivity index (χ1) is 10.5. The van der Waals surface area contributed by atoms with Gasteiger partial charge in [0.05, 0.1) is 13.3 Å². The normalized spacial score (nSPS) is 12.1. The molecule has 0 unspecified atom stereocenters. The summed E-state index contributed by atoms with van der Waals surface area (Å²) in [5.74, 6) is 0.0437. The van der Waals surface area contributed by atoms with Gasteiger partial charge in [-0.3, -0.25) is 14.4 Å². The SMILES string of the molecule is CC=Cc1c(O)n(CN(CC)CC)c(=O)n1CN(CC)CC. The van der Waals surface area contributed by atoms with Gasteiger partial charge in [-0.25, -0.2) is 9.36 Å². The first-order valence-corrected chi connectivity index (χ1v) is 8.13. The Morgan fingerprint density at radius 1 is 0.955 bits per heavy atom. The van der Waals surface area contributed by atoms with Crippen LogP contribution in [0.4, 0.5) is 0 Å². The summed E-state index contributed by atoms with van der Waals surface area (Å²) in [5, 5.41) is 10.5. The van der Waals surface area contributed by atoms with Crippen LogP contribution < -0.4 is 5.69 Å². The topological polar surface area (TPSA) is 53.6 Å². The number of nitrogens with zero attached hydrogens (tertiary/aromatic N) is 4.